The van der Waals surface area contributed by atoms with Crippen LogP contribution in [0.3, 0.4) is 0 Å². The molecule has 0 heterocycles. The minimum absolute atomic E-state index is 0.0364. The number of carbonyl (C=O) groups is 1. The largest absolute Gasteiger partial charge is 0.350 e. The molecule has 0 radical (unpaired) electrons. The lowest BCUT2D eigenvalue weighted by molar-refractivity contribution is -0.121. The van der Waals surface area contributed by atoms with Gasteiger partial charge in [0.05, 0.1) is 10.9 Å². The van der Waals surface area contributed by atoms with E-state index in [1.807, 2.05) is 45.0 Å². The lowest BCUT2D eigenvalue weighted by Crippen LogP contribution is -2.27. The summed E-state index contributed by atoms with van der Waals surface area (Å²) in [6.45, 7) is 6.26. The molecule has 2 rings (SSSR count). The van der Waals surface area contributed by atoms with E-state index >= 15 is 0 Å². The maximum absolute atomic E-state index is 12.2. The van der Waals surface area contributed by atoms with Crippen LogP contribution in [0.5, 0.6) is 0 Å². The van der Waals surface area contributed by atoms with Crippen molar-refractivity contribution >= 4 is 31.9 Å². The number of nitrogens with one attached hydrogen (secondary N) is 2. The van der Waals surface area contributed by atoms with E-state index in [-0.39, 0.29) is 22.8 Å². The van der Waals surface area contributed by atoms with Crippen molar-refractivity contribution in [1.29, 1.82) is 0 Å². The predicted octanol–water partition coefficient (Wildman–Crippen LogP) is 4.19. The summed E-state index contributed by atoms with van der Waals surface area (Å²) < 4.78 is 28.0. The lowest BCUT2D eigenvalue weighted by Gasteiger charge is -2.14. The van der Waals surface area contributed by atoms with Crippen molar-refractivity contribution in [2.24, 2.45) is 5.92 Å². The smallest absolute Gasteiger partial charge is 0.240 e. The third-order valence-electron chi connectivity index (χ3n) is 4.30. The fourth-order valence-electron chi connectivity index (χ4n) is 2.60. The van der Waals surface area contributed by atoms with Crippen molar-refractivity contribution in [1.82, 2.24) is 10.0 Å². The maximum atomic E-state index is 12.2. The molecule has 1 atom stereocenters. The zero-order chi connectivity index (χ0) is 20.7. The van der Waals surface area contributed by atoms with Gasteiger partial charge in [0.25, 0.3) is 0 Å². The van der Waals surface area contributed by atoms with Crippen molar-refractivity contribution in [3.63, 3.8) is 0 Å². The molecule has 5 nitrogen and oxygen atoms in total. The Hall–Kier alpha value is -1.70. The second-order valence-corrected chi connectivity index (χ2v) is 9.91. The van der Waals surface area contributed by atoms with Gasteiger partial charge in [-0.1, -0.05) is 54.0 Å². The average Bonchev–Trinajstić information content (AvgIpc) is 2.65. The van der Waals surface area contributed by atoms with Crippen LogP contribution in [0.1, 0.15) is 44.4 Å². The molecule has 2 aromatic carbocycles. The van der Waals surface area contributed by atoms with Crippen LogP contribution in [-0.2, 0) is 21.2 Å². The Morgan fingerprint density at radius 3 is 2.18 bits per heavy atom. The molecule has 0 saturated carbocycles. The summed E-state index contributed by atoms with van der Waals surface area (Å²) in [7, 11) is -3.49. The van der Waals surface area contributed by atoms with Gasteiger partial charge in [-0.3, -0.25) is 4.79 Å². The van der Waals surface area contributed by atoms with Gasteiger partial charge in [-0.15, -0.1) is 0 Å². The molecule has 0 fully saturated rings. The molecule has 0 saturated heterocycles. The zero-order valence-electron chi connectivity index (χ0n) is 16.4. The maximum Gasteiger partial charge on any atom is 0.240 e. The van der Waals surface area contributed by atoms with Crippen molar-refractivity contribution in [2.45, 2.75) is 44.6 Å². The van der Waals surface area contributed by atoms with Gasteiger partial charge in [0.15, 0.2) is 0 Å². The number of sulfonamides is 1. The Bertz CT molecular complexity index is 879. The number of amides is 1. The van der Waals surface area contributed by atoms with E-state index in [9.17, 15) is 13.2 Å². The molecule has 1 unspecified atom stereocenters. The van der Waals surface area contributed by atoms with E-state index in [2.05, 4.69) is 26.0 Å². The van der Waals surface area contributed by atoms with E-state index < -0.39 is 10.0 Å². The monoisotopic (exact) mass is 466 g/mol. The third kappa shape index (κ3) is 7.04. The number of aryl methyl sites for hydroxylation is 1. The van der Waals surface area contributed by atoms with Crippen LogP contribution < -0.4 is 10.0 Å². The van der Waals surface area contributed by atoms with Crippen LogP contribution in [0.2, 0.25) is 0 Å². The molecule has 0 bridgehead atoms. The van der Waals surface area contributed by atoms with E-state index in [0.29, 0.717) is 19.4 Å². The van der Waals surface area contributed by atoms with Crippen molar-refractivity contribution in [3.05, 3.63) is 64.1 Å². The van der Waals surface area contributed by atoms with E-state index in [4.69, 9.17) is 0 Å². The van der Waals surface area contributed by atoms with Gasteiger partial charge in [-0.25, -0.2) is 13.1 Å². The molecule has 0 aliphatic carbocycles. The fraction of sp³-hybridized carbons (Fsp3) is 0.381. The van der Waals surface area contributed by atoms with Crippen molar-refractivity contribution in [2.75, 3.05) is 6.54 Å². The molecular weight excluding hydrogens is 440 g/mol. The zero-order valence-corrected chi connectivity index (χ0v) is 18.8. The minimum atomic E-state index is -3.49. The van der Waals surface area contributed by atoms with Gasteiger partial charge in [0.2, 0.25) is 15.9 Å². The van der Waals surface area contributed by atoms with Crippen LogP contribution in [0.4, 0.5) is 0 Å². The molecule has 0 aromatic heterocycles. The number of rotatable bonds is 9. The molecule has 152 valence electrons. The van der Waals surface area contributed by atoms with Gasteiger partial charge in [0.1, 0.15) is 0 Å². The lowest BCUT2D eigenvalue weighted by atomic mass is 10.1. The summed E-state index contributed by atoms with van der Waals surface area (Å²) in [5.74, 6) is 0.207. The van der Waals surface area contributed by atoms with E-state index in [0.717, 1.165) is 15.6 Å². The molecule has 0 aliphatic rings. The Kier molecular flexibility index (Phi) is 8.22. The molecule has 0 spiro atoms. The molecule has 2 aromatic rings. The van der Waals surface area contributed by atoms with Crippen LogP contribution in [-0.4, -0.2) is 20.9 Å². The molecule has 7 heteroatoms. The van der Waals surface area contributed by atoms with Gasteiger partial charge >= 0.3 is 0 Å². The van der Waals surface area contributed by atoms with Crippen molar-refractivity contribution in [3.8, 4) is 0 Å². The summed E-state index contributed by atoms with van der Waals surface area (Å²) in [6, 6.07) is 14.5. The highest BCUT2D eigenvalue weighted by atomic mass is 79.9. The SMILES string of the molecule is CC(C)CNS(=O)(=O)c1ccc(CCC(=O)NC(C)c2ccc(Br)cc2)cc1. The Morgan fingerprint density at radius 2 is 1.61 bits per heavy atom. The van der Waals surface area contributed by atoms with E-state index in [1.54, 1.807) is 24.3 Å². The number of carbonyl (C=O) groups excluding carboxylic acids is 1. The van der Waals surface area contributed by atoms with E-state index in [1.165, 1.54) is 0 Å². The molecule has 28 heavy (non-hydrogen) atoms. The number of halogens is 1. The second kappa shape index (κ2) is 10.2. The fourth-order valence-corrected chi connectivity index (χ4v) is 4.08. The van der Waals surface area contributed by atoms with Crippen molar-refractivity contribution < 1.29 is 13.2 Å². The first-order chi connectivity index (χ1) is 13.2. The first-order valence-electron chi connectivity index (χ1n) is 9.31. The standard InChI is InChI=1S/C21H27BrN2O3S/c1-15(2)14-23-28(26,27)20-11-4-17(5-12-20)6-13-21(25)24-16(3)18-7-9-19(22)10-8-18/h4-5,7-12,15-16,23H,6,13-14H2,1-3H3,(H,24,25). The quantitative estimate of drug-likeness (QED) is 0.581. The summed E-state index contributed by atoms with van der Waals surface area (Å²) >= 11 is 3.40. The van der Waals surface area contributed by atoms with Gasteiger partial charge in [0, 0.05) is 17.4 Å². The minimum Gasteiger partial charge on any atom is -0.350 e. The first kappa shape index (κ1) is 22.6. The topological polar surface area (TPSA) is 75.3 Å². The van der Waals surface area contributed by atoms with Gasteiger partial charge < -0.3 is 5.32 Å². The Morgan fingerprint density at radius 1 is 1.00 bits per heavy atom. The number of hydrogen-bond donors (Lipinski definition) is 2. The highest BCUT2D eigenvalue weighted by Crippen LogP contribution is 2.17. The average molecular weight is 467 g/mol. The normalized spacial score (nSPS) is 12.8. The predicted molar refractivity (Wildman–Crippen MR) is 115 cm³/mol. The van der Waals surface area contributed by atoms with Gasteiger partial charge in [-0.2, -0.15) is 0 Å². The summed E-state index contributed by atoms with van der Waals surface area (Å²) in [5.41, 5.74) is 1.97. The van der Waals surface area contributed by atoms with Crippen LogP contribution in [0.25, 0.3) is 0 Å². The van der Waals surface area contributed by atoms with Crippen LogP contribution in [0.15, 0.2) is 57.9 Å². The highest BCUT2D eigenvalue weighted by Gasteiger charge is 2.14. The third-order valence-corrected chi connectivity index (χ3v) is 6.27. The van der Waals surface area contributed by atoms with Gasteiger partial charge in [-0.05, 0) is 54.7 Å². The number of hydrogen-bond acceptors (Lipinski definition) is 3. The Labute approximate surface area is 176 Å². The number of benzene rings is 2. The summed E-state index contributed by atoms with van der Waals surface area (Å²) in [4.78, 5) is 12.5. The summed E-state index contributed by atoms with van der Waals surface area (Å²) in [6.07, 6.45) is 0.900. The van der Waals surface area contributed by atoms with Crippen LogP contribution in [0, 0.1) is 5.92 Å². The highest BCUT2D eigenvalue weighted by molar-refractivity contribution is 9.10. The molecule has 1 amide bonds. The molecule has 2 N–H and O–H groups in total. The van der Waals surface area contributed by atoms with Crippen LogP contribution >= 0.6 is 15.9 Å². The molecule has 0 aliphatic heterocycles. The molecular formula is C21H27BrN2O3S. The first-order valence-corrected chi connectivity index (χ1v) is 11.6. The Balaban J connectivity index is 1.87. The summed E-state index contributed by atoms with van der Waals surface area (Å²) in [5, 5.41) is 2.99. The second-order valence-electron chi connectivity index (χ2n) is 7.23.